The van der Waals surface area contributed by atoms with Crippen LogP contribution in [0, 0.1) is 47.1 Å². The highest BCUT2D eigenvalue weighted by molar-refractivity contribution is 7.29. The van der Waals surface area contributed by atoms with Crippen LogP contribution in [0.3, 0.4) is 0 Å². The molecule has 6 aromatic rings. The molecule has 2 aromatic heterocycles. The van der Waals surface area contributed by atoms with Crippen LogP contribution in [0.1, 0.15) is 22.3 Å². The molecule has 3 heterocycles. The summed E-state index contributed by atoms with van der Waals surface area (Å²) in [4.78, 5) is 5.54. The zero-order valence-electron chi connectivity index (χ0n) is 25.0. The SMILES string of the molecule is Fc1nc(F)c(F)c(C2=C(c3ccccc3)C(c3ccccc3)=C(c3c(F)c(F)nc(F)c3F)[Si]2(c2ccccc2)c2ccccc2)c1F. The van der Waals surface area contributed by atoms with E-state index in [1.807, 2.05) is 0 Å². The van der Waals surface area contributed by atoms with Crippen molar-refractivity contribution < 1.29 is 35.1 Å². The van der Waals surface area contributed by atoms with E-state index >= 15 is 35.1 Å². The zero-order valence-corrected chi connectivity index (χ0v) is 26.0. The van der Waals surface area contributed by atoms with Gasteiger partial charge in [0.25, 0.3) is 23.8 Å². The minimum Gasteiger partial charge on any atom is -0.201 e. The van der Waals surface area contributed by atoms with Gasteiger partial charge in [-0.25, -0.2) is 17.6 Å². The van der Waals surface area contributed by atoms with E-state index in [9.17, 15) is 0 Å². The first-order chi connectivity index (χ1) is 23.7. The molecule has 11 heteroatoms. The molecule has 0 spiro atoms. The second kappa shape index (κ2) is 12.4. The molecule has 0 amide bonds. The average Bonchev–Trinajstić information content (AvgIpc) is 3.43. The predicted molar refractivity (Wildman–Crippen MR) is 173 cm³/mol. The summed E-state index contributed by atoms with van der Waals surface area (Å²) in [6, 6.07) is 31.4. The van der Waals surface area contributed by atoms with Crippen molar-refractivity contribution in [2.45, 2.75) is 0 Å². The summed E-state index contributed by atoms with van der Waals surface area (Å²) in [7, 11) is -4.76. The molecule has 0 unspecified atom stereocenters. The molecule has 0 N–H and O–H groups in total. The van der Waals surface area contributed by atoms with Gasteiger partial charge in [-0.3, -0.25) is 0 Å². The standard InChI is InChI=1S/C38H20F8N2Si/c39-29-27(30(40)36(44)47-35(29)43)33-25(21-13-5-1-6-14-21)26(22-15-7-2-8-16-22)34(28-31(41)37(45)48-38(46)32(28)42)49(33,23-17-9-3-10-18-23)24-19-11-4-12-20-24/h1-20H. The van der Waals surface area contributed by atoms with Crippen LogP contribution >= 0.6 is 0 Å². The van der Waals surface area contributed by atoms with Crippen molar-refractivity contribution in [2.24, 2.45) is 0 Å². The monoisotopic (exact) mass is 684 g/mol. The Morgan fingerprint density at radius 3 is 0.898 bits per heavy atom. The van der Waals surface area contributed by atoms with Crippen LogP contribution in [0.5, 0.6) is 0 Å². The Balaban J connectivity index is 1.88. The molecule has 0 saturated heterocycles. The van der Waals surface area contributed by atoms with Gasteiger partial charge >= 0.3 is 0 Å². The maximum absolute atomic E-state index is 16.4. The molecular formula is C38H20F8N2Si. The van der Waals surface area contributed by atoms with Crippen LogP contribution in [0.2, 0.25) is 0 Å². The predicted octanol–water partition coefficient (Wildman–Crippen LogP) is 8.47. The van der Waals surface area contributed by atoms with Crippen molar-refractivity contribution in [2.75, 3.05) is 0 Å². The number of pyridine rings is 2. The van der Waals surface area contributed by atoms with Crippen molar-refractivity contribution in [3.05, 3.63) is 191 Å². The zero-order chi connectivity index (χ0) is 34.4. The topological polar surface area (TPSA) is 25.8 Å². The van der Waals surface area contributed by atoms with Gasteiger partial charge in [0.15, 0.2) is 31.3 Å². The maximum atomic E-state index is 16.4. The van der Waals surface area contributed by atoms with Gasteiger partial charge in [-0.2, -0.15) is 27.5 Å². The van der Waals surface area contributed by atoms with E-state index in [1.165, 1.54) is 24.3 Å². The van der Waals surface area contributed by atoms with Gasteiger partial charge in [-0.05, 0) is 43.0 Å². The Hall–Kier alpha value is -5.68. The molecule has 4 aromatic carbocycles. The molecule has 0 atom stereocenters. The first kappa shape index (κ1) is 31.9. The van der Waals surface area contributed by atoms with E-state index in [1.54, 1.807) is 97.1 Å². The van der Waals surface area contributed by atoms with Crippen molar-refractivity contribution in [1.82, 2.24) is 9.97 Å². The molecule has 0 aliphatic carbocycles. The normalized spacial score (nSPS) is 14.1. The van der Waals surface area contributed by atoms with Crippen LogP contribution in [0.15, 0.2) is 121 Å². The second-order valence-corrected chi connectivity index (χ2v) is 14.8. The number of halogens is 8. The Bertz CT molecular complexity index is 2080. The number of allylic oxidation sites excluding steroid dienone is 2. The molecule has 0 fully saturated rings. The molecule has 49 heavy (non-hydrogen) atoms. The molecular weight excluding hydrogens is 665 g/mol. The Kier molecular flexibility index (Phi) is 8.07. The lowest BCUT2D eigenvalue weighted by molar-refractivity contribution is 0.404. The summed E-state index contributed by atoms with van der Waals surface area (Å²) in [5.41, 5.74) is -2.05. The summed E-state index contributed by atoms with van der Waals surface area (Å²) in [6.07, 6.45) is 0. The third kappa shape index (κ3) is 4.91. The summed E-state index contributed by atoms with van der Waals surface area (Å²) in [5.74, 6) is -15.3. The lowest BCUT2D eigenvalue weighted by Gasteiger charge is -2.36. The molecule has 0 bridgehead atoms. The number of aromatic nitrogens is 2. The number of benzene rings is 4. The fourth-order valence-electron chi connectivity index (χ4n) is 6.70. The van der Waals surface area contributed by atoms with E-state index in [0.717, 1.165) is 0 Å². The van der Waals surface area contributed by atoms with Crippen LogP contribution < -0.4 is 10.4 Å². The van der Waals surface area contributed by atoms with Crippen LogP contribution in [0.25, 0.3) is 21.5 Å². The van der Waals surface area contributed by atoms with Gasteiger partial charge in [-0.15, -0.1) is 0 Å². The molecule has 7 rings (SSSR count). The number of rotatable bonds is 6. The van der Waals surface area contributed by atoms with Gasteiger partial charge in [0.2, 0.25) is 0 Å². The van der Waals surface area contributed by atoms with Crippen molar-refractivity contribution in [3.8, 4) is 0 Å². The minimum absolute atomic E-state index is 0.0691. The van der Waals surface area contributed by atoms with Gasteiger partial charge < -0.3 is 0 Å². The maximum Gasteiger partial charge on any atom is 0.252 e. The lowest BCUT2D eigenvalue weighted by atomic mass is 9.89. The molecule has 0 radical (unpaired) electrons. The van der Waals surface area contributed by atoms with Crippen molar-refractivity contribution in [3.63, 3.8) is 0 Å². The fourth-order valence-corrected chi connectivity index (χ4v) is 12.3. The van der Waals surface area contributed by atoms with Gasteiger partial charge in [-0.1, -0.05) is 121 Å². The average molecular weight is 685 g/mol. The van der Waals surface area contributed by atoms with E-state index in [2.05, 4.69) is 9.97 Å². The fraction of sp³-hybridized carbons (Fsp3) is 0. The van der Waals surface area contributed by atoms with Crippen LogP contribution in [-0.2, 0) is 0 Å². The molecule has 242 valence electrons. The lowest BCUT2D eigenvalue weighted by Crippen LogP contribution is -2.60. The number of hydrogen-bond acceptors (Lipinski definition) is 2. The highest BCUT2D eigenvalue weighted by atomic mass is 28.3. The third-order valence-electron chi connectivity index (χ3n) is 8.53. The number of hydrogen-bond donors (Lipinski definition) is 0. The van der Waals surface area contributed by atoms with Gasteiger partial charge in [0.05, 0.1) is 11.1 Å². The minimum atomic E-state index is -4.76. The summed E-state index contributed by atoms with van der Waals surface area (Å²) >= 11 is 0. The highest BCUT2D eigenvalue weighted by Gasteiger charge is 2.56. The van der Waals surface area contributed by atoms with Crippen LogP contribution in [0.4, 0.5) is 35.1 Å². The van der Waals surface area contributed by atoms with E-state index in [0.29, 0.717) is 0 Å². The van der Waals surface area contributed by atoms with E-state index < -0.39 is 66.3 Å². The smallest absolute Gasteiger partial charge is 0.201 e. The third-order valence-corrected chi connectivity index (χ3v) is 13.4. The largest absolute Gasteiger partial charge is 0.252 e. The van der Waals surface area contributed by atoms with Gasteiger partial charge in [0, 0.05) is 0 Å². The highest BCUT2D eigenvalue weighted by Crippen LogP contribution is 2.57. The van der Waals surface area contributed by atoms with E-state index in [4.69, 9.17) is 0 Å². The Morgan fingerprint density at radius 1 is 0.347 bits per heavy atom. The van der Waals surface area contributed by atoms with Crippen molar-refractivity contribution in [1.29, 1.82) is 0 Å². The summed E-state index contributed by atoms with van der Waals surface area (Å²) in [6.45, 7) is 0. The summed E-state index contributed by atoms with van der Waals surface area (Å²) < 4.78 is 126. The molecule has 1 aliphatic heterocycles. The quantitative estimate of drug-likeness (QED) is 0.100. The Morgan fingerprint density at radius 2 is 0.612 bits per heavy atom. The molecule has 0 saturated carbocycles. The van der Waals surface area contributed by atoms with Crippen molar-refractivity contribution >= 4 is 40.0 Å². The van der Waals surface area contributed by atoms with E-state index in [-0.39, 0.29) is 43.0 Å². The van der Waals surface area contributed by atoms with Crippen LogP contribution in [-0.4, -0.2) is 18.0 Å². The summed E-state index contributed by atoms with van der Waals surface area (Å²) in [5, 5.41) is -0.287. The first-order valence-corrected chi connectivity index (χ1v) is 16.8. The van der Waals surface area contributed by atoms with Gasteiger partial charge in [0.1, 0.15) is 0 Å². The second-order valence-electron chi connectivity index (χ2n) is 11.1. The molecule has 2 nitrogen and oxygen atoms in total. The first-order valence-electron chi connectivity index (χ1n) is 14.8. The Labute approximate surface area is 275 Å². The number of nitrogens with zero attached hydrogens (tertiary/aromatic N) is 2. The molecule has 1 aliphatic rings.